The van der Waals surface area contributed by atoms with Crippen molar-refractivity contribution >= 4 is 23.2 Å². The van der Waals surface area contributed by atoms with E-state index >= 15 is 0 Å². The van der Waals surface area contributed by atoms with Crippen LogP contribution in [0.5, 0.6) is 11.5 Å². The van der Waals surface area contributed by atoms with E-state index in [4.69, 9.17) is 32.7 Å². The molecule has 0 unspecified atom stereocenters. The summed E-state index contributed by atoms with van der Waals surface area (Å²) in [4.78, 5) is 0. The molecule has 0 heterocycles. The predicted octanol–water partition coefficient (Wildman–Crippen LogP) is 4.30. The topological polar surface area (TPSA) is 30.5 Å². The molecule has 0 radical (unpaired) electrons. The minimum absolute atomic E-state index is 0.565. The minimum atomic E-state index is 0.565. The summed E-state index contributed by atoms with van der Waals surface area (Å²) >= 11 is 11.9. The summed E-state index contributed by atoms with van der Waals surface area (Å²) in [5.74, 6) is 1.48. The fourth-order valence-corrected chi connectivity index (χ4v) is 2.40. The molecule has 0 saturated carbocycles. The molecule has 2 rings (SSSR count). The Morgan fingerprint density at radius 2 is 1.76 bits per heavy atom. The van der Waals surface area contributed by atoms with Crippen molar-refractivity contribution in [3.05, 3.63) is 57.6 Å². The molecule has 2 aromatic carbocycles. The molecule has 0 aliphatic heterocycles. The van der Waals surface area contributed by atoms with Crippen molar-refractivity contribution in [3.8, 4) is 11.5 Å². The molecule has 5 heteroatoms. The number of rotatable bonds is 6. The van der Waals surface area contributed by atoms with Crippen molar-refractivity contribution in [1.82, 2.24) is 5.32 Å². The lowest BCUT2D eigenvalue weighted by Gasteiger charge is -2.13. The second kappa shape index (κ2) is 7.55. The summed E-state index contributed by atoms with van der Waals surface area (Å²) < 4.78 is 10.7. The van der Waals surface area contributed by atoms with Crippen LogP contribution in [0.1, 0.15) is 11.1 Å². The van der Waals surface area contributed by atoms with Crippen LogP contribution in [0, 0.1) is 0 Å². The van der Waals surface area contributed by atoms with Gasteiger partial charge in [0.15, 0.2) is 11.5 Å². The Kier molecular flexibility index (Phi) is 5.74. The van der Waals surface area contributed by atoms with Gasteiger partial charge in [0.05, 0.1) is 24.3 Å². The van der Waals surface area contributed by atoms with E-state index in [1.165, 1.54) is 0 Å². The fraction of sp³-hybridized carbons (Fsp3) is 0.250. The van der Waals surface area contributed by atoms with E-state index < -0.39 is 0 Å². The maximum atomic E-state index is 6.00. The predicted molar refractivity (Wildman–Crippen MR) is 86.6 cm³/mol. The zero-order valence-corrected chi connectivity index (χ0v) is 13.5. The van der Waals surface area contributed by atoms with Gasteiger partial charge < -0.3 is 14.8 Å². The molecular formula is C16H17Cl2NO2. The normalized spacial score (nSPS) is 10.5. The summed E-state index contributed by atoms with van der Waals surface area (Å²) in [5, 5.41) is 4.48. The van der Waals surface area contributed by atoms with Gasteiger partial charge in [0.2, 0.25) is 0 Å². The van der Waals surface area contributed by atoms with Crippen molar-refractivity contribution in [3.63, 3.8) is 0 Å². The number of nitrogens with one attached hydrogen (secondary N) is 1. The number of halogens is 2. The lowest BCUT2D eigenvalue weighted by atomic mass is 10.1. The van der Waals surface area contributed by atoms with Gasteiger partial charge in [-0.1, -0.05) is 41.4 Å². The van der Waals surface area contributed by atoms with Crippen molar-refractivity contribution < 1.29 is 9.47 Å². The number of hydrogen-bond acceptors (Lipinski definition) is 3. The summed E-state index contributed by atoms with van der Waals surface area (Å²) in [6.45, 7) is 1.36. The van der Waals surface area contributed by atoms with E-state index in [9.17, 15) is 0 Å². The minimum Gasteiger partial charge on any atom is -0.493 e. The summed E-state index contributed by atoms with van der Waals surface area (Å²) in [5.41, 5.74) is 2.11. The molecule has 0 aliphatic carbocycles. The van der Waals surface area contributed by atoms with Crippen LogP contribution in [-0.2, 0) is 13.1 Å². The van der Waals surface area contributed by atoms with Crippen molar-refractivity contribution in [2.24, 2.45) is 0 Å². The van der Waals surface area contributed by atoms with E-state index in [1.807, 2.05) is 30.3 Å². The molecule has 1 N–H and O–H groups in total. The van der Waals surface area contributed by atoms with Crippen molar-refractivity contribution in [2.45, 2.75) is 13.1 Å². The van der Waals surface area contributed by atoms with Gasteiger partial charge in [0.25, 0.3) is 0 Å². The third-order valence-corrected chi connectivity index (χ3v) is 3.85. The van der Waals surface area contributed by atoms with Gasteiger partial charge in [-0.15, -0.1) is 0 Å². The van der Waals surface area contributed by atoms with Crippen LogP contribution >= 0.6 is 23.2 Å². The Morgan fingerprint density at radius 3 is 2.43 bits per heavy atom. The Hall–Kier alpha value is -1.42. The maximum absolute atomic E-state index is 6.00. The quantitative estimate of drug-likeness (QED) is 0.858. The first kappa shape index (κ1) is 16.0. The van der Waals surface area contributed by atoms with Crippen LogP contribution in [0.25, 0.3) is 0 Å². The Morgan fingerprint density at radius 1 is 0.952 bits per heavy atom. The van der Waals surface area contributed by atoms with Gasteiger partial charge >= 0.3 is 0 Å². The summed E-state index contributed by atoms with van der Waals surface area (Å²) in [6, 6.07) is 11.4. The van der Waals surface area contributed by atoms with E-state index in [-0.39, 0.29) is 0 Å². The second-order valence-corrected chi connectivity index (χ2v) is 5.32. The second-order valence-electron chi connectivity index (χ2n) is 4.50. The number of ether oxygens (including phenoxy) is 2. The molecule has 0 saturated heterocycles. The third-order valence-electron chi connectivity index (χ3n) is 3.11. The van der Waals surface area contributed by atoms with Gasteiger partial charge in [0.1, 0.15) is 0 Å². The first-order valence-electron chi connectivity index (χ1n) is 6.50. The molecular weight excluding hydrogens is 309 g/mol. The first-order valence-corrected chi connectivity index (χ1v) is 7.25. The Balaban J connectivity index is 2.01. The fourth-order valence-electron chi connectivity index (χ4n) is 2.08. The van der Waals surface area contributed by atoms with Crippen LogP contribution in [-0.4, -0.2) is 14.2 Å². The summed E-state index contributed by atoms with van der Waals surface area (Å²) in [6.07, 6.45) is 0. The highest BCUT2D eigenvalue weighted by molar-refractivity contribution is 6.42. The van der Waals surface area contributed by atoms with Crippen LogP contribution in [0.3, 0.4) is 0 Å². The van der Waals surface area contributed by atoms with Crippen LogP contribution < -0.4 is 14.8 Å². The van der Waals surface area contributed by atoms with E-state index in [0.717, 1.165) is 22.6 Å². The number of benzene rings is 2. The number of para-hydroxylation sites is 1. The molecule has 112 valence electrons. The maximum Gasteiger partial charge on any atom is 0.165 e. The molecule has 0 amide bonds. The van der Waals surface area contributed by atoms with Gasteiger partial charge in [0, 0.05) is 18.7 Å². The molecule has 0 bridgehead atoms. The number of methoxy groups -OCH3 is 2. The van der Waals surface area contributed by atoms with Crippen LogP contribution in [0.4, 0.5) is 0 Å². The Bertz CT molecular complexity index is 617. The molecule has 21 heavy (non-hydrogen) atoms. The molecule has 2 aromatic rings. The highest BCUT2D eigenvalue weighted by Crippen LogP contribution is 2.30. The molecule has 0 fully saturated rings. The first-order chi connectivity index (χ1) is 10.2. The Labute approximate surface area is 134 Å². The van der Waals surface area contributed by atoms with Gasteiger partial charge in [-0.05, 0) is 23.8 Å². The van der Waals surface area contributed by atoms with Gasteiger partial charge in [-0.2, -0.15) is 0 Å². The SMILES string of the molecule is COc1cccc(CNCc2ccc(Cl)c(Cl)c2)c1OC. The molecule has 0 aliphatic rings. The lowest BCUT2D eigenvalue weighted by molar-refractivity contribution is 0.350. The standard InChI is InChI=1S/C16H17Cl2NO2/c1-20-15-5-3-4-12(16(15)21-2)10-19-9-11-6-7-13(17)14(18)8-11/h3-8,19H,9-10H2,1-2H3. The molecule has 0 spiro atoms. The monoisotopic (exact) mass is 325 g/mol. The zero-order valence-electron chi connectivity index (χ0n) is 12.0. The highest BCUT2D eigenvalue weighted by atomic mass is 35.5. The van der Waals surface area contributed by atoms with Gasteiger partial charge in [-0.25, -0.2) is 0 Å². The molecule has 0 atom stereocenters. The third kappa shape index (κ3) is 4.03. The zero-order chi connectivity index (χ0) is 15.2. The average molecular weight is 326 g/mol. The van der Waals surface area contributed by atoms with E-state index in [1.54, 1.807) is 20.3 Å². The summed E-state index contributed by atoms with van der Waals surface area (Å²) in [7, 11) is 3.27. The molecule has 0 aromatic heterocycles. The smallest absolute Gasteiger partial charge is 0.165 e. The lowest BCUT2D eigenvalue weighted by Crippen LogP contribution is -2.13. The average Bonchev–Trinajstić information content (AvgIpc) is 2.50. The molecule has 3 nitrogen and oxygen atoms in total. The highest BCUT2D eigenvalue weighted by Gasteiger charge is 2.08. The number of hydrogen-bond donors (Lipinski definition) is 1. The van der Waals surface area contributed by atoms with Crippen molar-refractivity contribution in [1.29, 1.82) is 0 Å². The van der Waals surface area contributed by atoms with Crippen molar-refractivity contribution in [2.75, 3.05) is 14.2 Å². The van der Waals surface area contributed by atoms with E-state index in [2.05, 4.69) is 5.32 Å². The van der Waals surface area contributed by atoms with Gasteiger partial charge in [-0.3, -0.25) is 0 Å². The van der Waals surface area contributed by atoms with Crippen LogP contribution in [0.2, 0.25) is 10.0 Å². The largest absolute Gasteiger partial charge is 0.493 e. The van der Waals surface area contributed by atoms with E-state index in [0.29, 0.717) is 23.1 Å². The van der Waals surface area contributed by atoms with Crippen LogP contribution in [0.15, 0.2) is 36.4 Å².